The van der Waals surface area contributed by atoms with Gasteiger partial charge in [0.25, 0.3) is 0 Å². The van der Waals surface area contributed by atoms with Crippen molar-refractivity contribution in [3.8, 4) is 22.8 Å². The Bertz CT molecular complexity index is 609. The van der Waals surface area contributed by atoms with Gasteiger partial charge in [0, 0.05) is 17.4 Å². The topological polar surface area (TPSA) is 73.2 Å². The number of aromatic nitrogens is 2. The molecule has 1 aromatic carbocycles. The van der Waals surface area contributed by atoms with Crippen molar-refractivity contribution in [2.75, 3.05) is 24.3 Å². The maximum atomic E-state index is 6.13. The molecule has 1 atom stereocenters. The molecule has 0 radical (unpaired) electrons. The molecule has 2 aromatic rings. The molecular weight excluding hydrogens is 286 g/mol. The number of hydrogen-bond donors (Lipinski definition) is 2. The van der Waals surface area contributed by atoms with Gasteiger partial charge in [0.1, 0.15) is 11.9 Å². The van der Waals surface area contributed by atoms with Gasteiger partial charge in [-0.25, -0.2) is 0 Å². The smallest absolute Gasteiger partial charge is 0.162 e. The van der Waals surface area contributed by atoms with Crippen LogP contribution in [0.3, 0.4) is 0 Å². The van der Waals surface area contributed by atoms with Crippen LogP contribution in [-0.2, 0) is 0 Å². The van der Waals surface area contributed by atoms with Crippen LogP contribution in [0.4, 0.5) is 5.82 Å². The van der Waals surface area contributed by atoms with Gasteiger partial charge in [-0.1, -0.05) is 0 Å². The number of nitrogen functional groups attached to an aromatic ring is 1. The summed E-state index contributed by atoms with van der Waals surface area (Å²) in [7, 11) is 1.66. The molecule has 1 saturated heterocycles. The summed E-state index contributed by atoms with van der Waals surface area (Å²) in [6.07, 6.45) is 2.55. The number of nitrogens with two attached hydrogens (primary N) is 1. The highest BCUT2D eigenvalue weighted by atomic mass is 32.2. The largest absolute Gasteiger partial charge is 0.493 e. The van der Waals surface area contributed by atoms with Crippen LogP contribution in [0.5, 0.6) is 11.5 Å². The molecule has 1 aliphatic rings. The minimum atomic E-state index is 0.250. The number of benzene rings is 1. The Labute approximate surface area is 128 Å². The number of aromatic amines is 1. The lowest BCUT2D eigenvalue weighted by Crippen LogP contribution is -2.23. The van der Waals surface area contributed by atoms with Gasteiger partial charge in [0.15, 0.2) is 11.5 Å². The Balaban J connectivity index is 1.86. The molecule has 2 heterocycles. The van der Waals surface area contributed by atoms with Crippen molar-refractivity contribution in [2.24, 2.45) is 0 Å². The van der Waals surface area contributed by atoms with E-state index in [4.69, 9.17) is 15.2 Å². The molecule has 0 spiro atoms. The monoisotopic (exact) mass is 305 g/mol. The predicted octanol–water partition coefficient (Wildman–Crippen LogP) is 2.94. The summed E-state index contributed by atoms with van der Waals surface area (Å²) in [5, 5.41) is 6.87. The molecule has 1 aromatic heterocycles. The number of anilines is 1. The van der Waals surface area contributed by atoms with E-state index in [9.17, 15) is 0 Å². The molecule has 1 unspecified atom stereocenters. The van der Waals surface area contributed by atoms with Gasteiger partial charge in [-0.2, -0.15) is 16.9 Å². The zero-order chi connectivity index (χ0) is 14.7. The van der Waals surface area contributed by atoms with Crippen molar-refractivity contribution in [1.82, 2.24) is 10.2 Å². The van der Waals surface area contributed by atoms with Crippen molar-refractivity contribution in [1.29, 1.82) is 0 Å². The van der Waals surface area contributed by atoms with E-state index in [0.717, 1.165) is 34.9 Å². The van der Waals surface area contributed by atoms with E-state index in [0.29, 0.717) is 5.82 Å². The Kier molecular flexibility index (Phi) is 4.24. The van der Waals surface area contributed by atoms with E-state index in [1.165, 1.54) is 12.2 Å². The van der Waals surface area contributed by atoms with Crippen LogP contribution in [-0.4, -0.2) is 34.9 Å². The number of thioether (sulfide) groups is 1. The number of nitrogens with one attached hydrogen (secondary N) is 1. The summed E-state index contributed by atoms with van der Waals surface area (Å²) in [5.41, 5.74) is 7.52. The normalized spacial score (nSPS) is 18.4. The molecule has 0 amide bonds. The first kappa shape index (κ1) is 14.1. The fourth-order valence-electron chi connectivity index (χ4n) is 2.41. The Morgan fingerprint density at radius 1 is 1.33 bits per heavy atom. The molecule has 5 nitrogen and oxygen atoms in total. The molecule has 21 heavy (non-hydrogen) atoms. The summed E-state index contributed by atoms with van der Waals surface area (Å²) in [6.45, 7) is 0. The molecule has 3 N–H and O–H groups in total. The minimum absolute atomic E-state index is 0.250. The van der Waals surface area contributed by atoms with Gasteiger partial charge in [-0.15, -0.1) is 0 Å². The summed E-state index contributed by atoms with van der Waals surface area (Å²) in [5.74, 6) is 4.26. The van der Waals surface area contributed by atoms with Gasteiger partial charge < -0.3 is 15.2 Å². The molecule has 1 fully saturated rings. The van der Waals surface area contributed by atoms with Crippen LogP contribution in [0.2, 0.25) is 0 Å². The van der Waals surface area contributed by atoms with Gasteiger partial charge >= 0.3 is 0 Å². The number of H-pyrrole nitrogens is 1. The highest BCUT2D eigenvalue weighted by molar-refractivity contribution is 7.99. The van der Waals surface area contributed by atoms with E-state index in [1.54, 1.807) is 7.11 Å². The number of rotatable bonds is 4. The molecular formula is C15H19N3O2S. The van der Waals surface area contributed by atoms with Crippen LogP contribution in [0.25, 0.3) is 11.3 Å². The fraction of sp³-hybridized carbons (Fsp3) is 0.400. The maximum absolute atomic E-state index is 6.13. The second-order valence-electron chi connectivity index (χ2n) is 5.03. The minimum Gasteiger partial charge on any atom is -0.493 e. The van der Waals surface area contributed by atoms with Gasteiger partial charge in [-0.05, 0) is 36.8 Å². The molecule has 1 aliphatic heterocycles. The average Bonchev–Trinajstić information content (AvgIpc) is 2.95. The summed E-state index contributed by atoms with van der Waals surface area (Å²) in [6, 6.07) is 7.67. The van der Waals surface area contributed by atoms with Gasteiger partial charge in [0.2, 0.25) is 0 Å². The number of ether oxygens (including phenoxy) is 2. The van der Waals surface area contributed by atoms with E-state index >= 15 is 0 Å². The van der Waals surface area contributed by atoms with Gasteiger partial charge in [-0.3, -0.25) is 5.10 Å². The van der Waals surface area contributed by atoms with E-state index in [1.807, 2.05) is 36.0 Å². The summed E-state index contributed by atoms with van der Waals surface area (Å²) < 4.78 is 11.5. The van der Waals surface area contributed by atoms with Gasteiger partial charge in [0.05, 0.1) is 12.8 Å². The second-order valence-corrected chi connectivity index (χ2v) is 6.18. The van der Waals surface area contributed by atoms with Crippen LogP contribution >= 0.6 is 11.8 Å². The Hall–Kier alpha value is -1.82. The maximum Gasteiger partial charge on any atom is 0.162 e. The van der Waals surface area contributed by atoms with E-state index < -0.39 is 0 Å². The van der Waals surface area contributed by atoms with E-state index in [2.05, 4.69) is 10.2 Å². The van der Waals surface area contributed by atoms with Crippen LogP contribution < -0.4 is 15.2 Å². The number of nitrogens with zero attached hydrogens (tertiary/aromatic N) is 1. The van der Waals surface area contributed by atoms with Crippen molar-refractivity contribution >= 4 is 17.6 Å². The quantitative estimate of drug-likeness (QED) is 0.908. The predicted molar refractivity (Wildman–Crippen MR) is 86.0 cm³/mol. The van der Waals surface area contributed by atoms with Crippen LogP contribution in [0.1, 0.15) is 12.8 Å². The van der Waals surface area contributed by atoms with Crippen molar-refractivity contribution in [3.05, 3.63) is 24.3 Å². The molecule has 0 aliphatic carbocycles. The third kappa shape index (κ3) is 3.26. The highest BCUT2D eigenvalue weighted by Crippen LogP contribution is 2.34. The lowest BCUT2D eigenvalue weighted by molar-refractivity contribution is 0.202. The third-order valence-electron chi connectivity index (χ3n) is 3.48. The number of methoxy groups -OCH3 is 1. The highest BCUT2D eigenvalue weighted by Gasteiger charge is 2.18. The van der Waals surface area contributed by atoms with Crippen LogP contribution in [0, 0.1) is 0 Å². The van der Waals surface area contributed by atoms with Crippen molar-refractivity contribution in [3.63, 3.8) is 0 Å². The lowest BCUT2D eigenvalue weighted by atomic mass is 10.1. The molecule has 0 saturated carbocycles. The first-order chi connectivity index (χ1) is 10.3. The molecule has 3 rings (SSSR count). The lowest BCUT2D eigenvalue weighted by Gasteiger charge is -2.24. The van der Waals surface area contributed by atoms with Crippen molar-refractivity contribution < 1.29 is 9.47 Å². The van der Waals surface area contributed by atoms with E-state index in [-0.39, 0.29) is 6.10 Å². The molecule has 0 bridgehead atoms. The second kappa shape index (κ2) is 6.30. The molecule has 112 valence electrons. The summed E-state index contributed by atoms with van der Waals surface area (Å²) in [4.78, 5) is 0. The first-order valence-corrected chi connectivity index (χ1v) is 8.15. The zero-order valence-corrected chi connectivity index (χ0v) is 12.8. The molecule has 6 heteroatoms. The van der Waals surface area contributed by atoms with Crippen LogP contribution in [0.15, 0.2) is 24.3 Å². The summed E-state index contributed by atoms with van der Waals surface area (Å²) >= 11 is 1.94. The zero-order valence-electron chi connectivity index (χ0n) is 12.0. The number of hydrogen-bond acceptors (Lipinski definition) is 5. The average molecular weight is 305 g/mol. The SMILES string of the molecule is COc1ccc(-c2cc(N)n[nH]2)cc1OC1CCCSC1. The third-order valence-corrected chi connectivity index (χ3v) is 4.67. The first-order valence-electron chi connectivity index (χ1n) is 7.00. The Morgan fingerprint density at radius 2 is 2.24 bits per heavy atom. The van der Waals surface area contributed by atoms with Crippen molar-refractivity contribution in [2.45, 2.75) is 18.9 Å². The fourth-order valence-corrected chi connectivity index (χ4v) is 3.44. The Morgan fingerprint density at radius 3 is 2.90 bits per heavy atom. The standard InChI is InChI=1S/C15H19N3O2S/c1-19-13-5-4-10(12-8-15(16)18-17-12)7-14(13)20-11-3-2-6-21-9-11/h4-5,7-8,11H,2-3,6,9H2,1H3,(H3,16,17,18).